The van der Waals surface area contributed by atoms with Gasteiger partial charge in [0.05, 0.1) is 10.7 Å². The molecule has 1 heterocycles. The maximum Gasteiger partial charge on any atom is 0.124 e. The van der Waals surface area contributed by atoms with Crippen molar-refractivity contribution in [2.24, 2.45) is 0 Å². The molecule has 0 bridgehead atoms. The van der Waals surface area contributed by atoms with E-state index in [0.717, 1.165) is 31.7 Å². The van der Waals surface area contributed by atoms with Gasteiger partial charge in [0.25, 0.3) is 0 Å². The second-order valence-electron chi connectivity index (χ2n) is 4.25. The number of rotatable bonds is 1. The zero-order chi connectivity index (χ0) is 11.5. The largest absolute Gasteiger partial charge is 0.369 e. The van der Waals surface area contributed by atoms with Gasteiger partial charge in [0, 0.05) is 19.1 Å². The van der Waals surface area contributed by atoms with Gasteiger partial charge in [0.15, 0.2) is 0 Å². The van der Waals surface area contributed by atoms with Gasteiger partial charge in [-0.15, -0.1) is 0 Å². The summed E-state index contributed by atoms with van der Waals surface area (Å²) in [7, 11) is 0. The van der Waals surface area contributed by atoms with Gasteiger partial charge in [-0.25, -0.2) is 4.39 Å². The van der Waals surface area contributed by atoms with Crippen LogP contribution in [0.5, 0.6) is 0 Å². The molecule has 0 amide bonds. The van der Waals surface area contributed by atoms with Crippen LogP contribution in [0.25, 0.3) is 0 Å². The highest BCUT2D eigenvalue weighted by atomic mass is 35.5. The first kappa shape index (κ1) is 11.7. The summed E-state index contributed by atoms with van der Waals surface area (Å²) in [6.07, 6.45) is 1.08. The molecular weight excluding hydrogens is 227 g/mol. The van der Waals surface area contributed by atoms with Gasteiger partial charge in [0.2, 0.25) is 0 Å². The molecule has 1 unspecified atom stereocenters. The summed E-state index contributed by atoms with van der Waals surface area (Å²) < 4.78 is 13.0. The Kier molecular flexibility index (Phi) is 3.66. The van der Waals surface area contributed by atoms with E-state index < -0.39 is 0 Å². The van der Waals surface area contributed by atoms with E-state index in [0.29, 0.717) is 11.1 Å². The third-order valence-corrected chi connectivity index (χ3v) is 3.15. The standard InChI is InChI=1S/C12H16ClFN2/c1-9-8-16(6-2-5-15-9)12-4-3-10(14)7-11(12)13/h3-4,7,9,15H,2,5-6,8H2,1H3. The number of anilines is 1. The third-order valence-electron chi connectivity index (χ3n) is 2.84. The minimum absolute atomic E-state index is 0.283. The highest BCUT2D eigenvalue weighted by molar-refractivity contribution is 6.33. The maximum atomic E-state index is 13.0. The number of halogens is 2. The first-order valence-electron chi connectivity index (χ1n) is 5.60. The Morgan fingerprint density at radius 1 is 1.50 bits per heavy atom. The molecule has 0 spiro atoms. The zero-order valence-electron chi connectivity index (χ0n) is 9.34. The van der Waals surface area contributed by atoms with E-state index in [9.17, 15) is 4.39 Å². The van der Waals surface area contributed by atoms with E-state index in [1.54, 1.807) is 6.07 Å². The molecule has 16 heavy (non-hydrogen) atoms. The van der Waals surface area contributed by atoms with Crippen molar-refractivity contribution in [1.29, 1.82) is 0 Å². The lowest BCUT2D eigenvalue weighted by molar-refractivity contribution is 0.584. The summed E-state index contributed by atoms with van der Waals surface area (Å²) in [5.74, 6) is -0.283. The summed E-state index contributed by atoms with van der Waals surface area (Å²) in [5, 5.41) is 3.91. The Morgan fingerprint density at radius 3 is 3.06 bits per heavy atom. The van der Waals surface area contributed by atoms with Crippen LogP contribution in [0.2, 0.25) is 5.02 Å². The molecule has 1 aliphatic rings. The number of nitrogens with zero attached hydrogens (tertiary/aromatic N) is 1. The van der Waals surface area contributed by atoms with Crippen LogP contribution in [0.3, 0.4) is 0 Å². The number of hydrogen-bond acceptors (Lipinski definition) is 2. The predicted octanol–water partition coefficient (Wildman–Crippen LogP) is 2.67. The second-order valence-corrected chi connectivity index (χ2v) is 4.66. The second kappa shape index (κ2) is 5.02. The highest BCUT2D eigenvalue weighted by Crippen LogP contribution is 2.27. The lowest BCUT2D eigenvalue weighted by Gasteiger charge is -2.25. The maximum absolute atomic E-state index is 13.0. The molecule has 0 aliphatic carbocycles. The Labute approximate surface area is 100 Å². The number of nitrogens with one attached hydrogen (secondary N) is 1. The molecule has 1 aromatic carbocycles. The average Bonchev–Trinajstić information content (AvgIpc) is 2.43. The van der Waals surface area contributed by atoms with Gasteiger partial charge in [-0.05, 0) is 38.1 Å². The summed E-state index contributed by atoms with van der Waals surface area (Å²) in [6, 6.07) is 5.03. The van der Waals surface area contributed by atoms with E-state index >= 15 is 0 Å². The van der Waals surface area contributed by atoms with Crippen LogP contribution in [0, 0.1) is 5.82 Å². The fraction of sp³-hybridized carbons (Fsp3) is 0.500. The summed E-state index contributed by atoms with van der Waals surface area (Å²) in [5.41, 5.74) is 0.929. The third kappa shape index (κ3) is 2.66. The van der Waals surface area contributed by atoms with Crippen LogP contribution in [-0.2, 0) is 0 Å². The molecule has 1 saturated heterocycles. The average molecular weight is 243 g/mol. The fourth-order valence-electron chi connectivity index (χ4n) is 2.06. The molecule has 88 valence electrons. The van der Waals surface area contributed by atoms with Gasteiger partial charge >= 0.3 is 0 Å². The van der Waals surface area contributed by atoms with Crippen molar-refractivity contribution in [3.63, 3.8) is 0 Å². The first-order valence-corrected chi connectivity index (χ1v) is 5.98. The van der Waals surface area contributed by atoms with Gasteiger partial charge in [-0.1, -0.05) is 11.6 Å². The van der Waals surface area contributed by atoms with Crippen molar-refractivity contribution in [3.8, 4) is 0 Å². The smallest absolute Gasteiger partial charge is 0.124 e. The van der Waals surface area contributed by atoms with Crippen LogP contribution < -0.4 is 10.2 Å². The topological polar surface area (TPSA) is 15.3 Å². The normalized spacial score (nSPS) is 21.9. The van der Waals surface area contributed by atoms with E-state index in [1.165, 1.54) is 12.1 Å². The zero-order valence-corrected chi connectivity index (χ0v) is 10.1. The minimum Gasteiger partial charge on any atom is -0.369 e. The highest BCUT2D eigenvalue weighted by Gasteiger charge is 2.16. The first-order chi connectivity index (χ1) is 7.66. The fourth-order valence-corrected chi connectivity index (χ4v) is 2.35. The summed E-state index contributed by atoms with van der Waals surface area (Å²) >= 11 is 6.06. The van der Waals surface area contributed by atoms with Gasteiger partial charge in [-0.3, -0.25) is 0 Å². The molecule has 2 nitrogen and oxygen atoms in total. The van der Waals surface area contributed by atoms with E-state index in [2.05, 4.69) is 17.1 Å². The molecular formula is C12H16ClFN2. The van der Waals surface area contributed by atoms with Crippen LogP contribution in [0.4, 0.5) is 10.1 Å². The minimum atomic E-state index is -0.283. The summed E-state index contributed by atoms with van der Waals surface area (Å²) in [4.78, 5) is 2.21. The molecule has 1 aromatic rings. The quantitative estimate of drug-likeness (QED) is 0.815. The predicted molar refractivity (Wildman–Crippen MR) is 65.7 cm³/mol. The Morgan fingerprint density at radius 2 is 2.31 bits per heavy atom. The Bertz CT molecular complexity index is 370. The molecule has 0 saturated carbocycles. The molecule has 1 atom stereocenters. The summed E-state index contributed by atoms with van der Waals surface area (Å²) in [6.45, 7) is 5.04. The molecule has 0 aromatic heterocycles. The van der Waals surface area contributed by atoms with Crippen molar-refractivity contribution in [3.05, 3.63) is 29.0 Å². The van der Waals surface area contributed by atoms with Crippen LogP contribution >= 0.6 is 11.6 Å². The van der Waals surface area contributed by atoms with Crippen LogP contribution in [0.1, 0.15) is 13.3 Å². The van der Waals surface area contributed by atoms with Gasteiger partial charge < -0.3 is 10.2 Å². The lowest BCUT2D eigenvalue weighted by atomic mass is 10.2. The van der Waals surface area contributed by atoms with Crippen molar-refractivity contribution in [2.45, 2.75) is 19.4 Å². The Balaban J connectivity index is 2.21. The Hall–Kier alpha value is -0.800. The lowest BCUT2D eigenvalue weighted by Crippen LogP contribution is -2.35. The van der Waals surface area contributed by atoms with E-state index in [1.807, 2.05) is 0 Å². The monoisotopic (exact) mass is 242 g/mol. The van der Waals surface area contributed by atoms with Crippen molar-refractivity contribution < 1.29 is 4.39 Å². The van der Waals surface area contributed by atoms with E-state index in [-0.39, 0.29) is 5.82 Å². The van der Waals surface area contributed by atoms with Crippen LogP contribution in [0.15, 0.2) is 18.2 Å². The van der Waals surface area contributed by atoms with E-state index in [4.69, 9.17) is 11.6 Å². The van der Waals surface area contributed by atoms with Crippen molar-refractivity contribution >= 4 is 17.3 Å². The molecule has 4 heteroatoms. The SMILES string of the molecule is CC1CN(c2ccc(F)cc2Cl)CCCN1. The molecule has 1 fully saturated rings. The van der Waals surface area contributed by atoms with Crippen molar-refractivity contribution in [2.75, 3.05) is 24.5 Å². The van der Waals surface area contributed by atoms with Gasteiger partial charge in [-0.2, -0.15) is 0 Å². The van der Waals surface area contributed by atoms with Gasteiger partial charge in [0.1, 0.15) is 5.82 Å². The number of hydrogen-bond donors (Lipinski definition) is 1. The molecule has 1 N–H and O–H groups in total. The number of benzene rings is 1. The van der Waals surface area contributed by atoms with Crippen LogP contribution in [-0.4, -0.2) is 25.7 Å². The molecule has 1 aliphatic heterocycles. The molecule has 2 rings (SSSR count). The molecule has 0 radical (unpaired) electrons. The van der Waals surface area contributed by atoms with Crippen molar-refractivity contribution in [1.82, 2.24) is 5.32 Å².